The molecule has 0 spiro atoms. The zero-order chi connectivity index (χ0) is 13.1. The first-order chi connectivity index (χ1) is 8.61. The molecule has 2 heterocycles. The molecule has 0 aliphatic carbocycles. The molecule has 0 bridgehead atoms. The third-order valence-electron chi connectivity index (χ3n) is 3.39. The van der Waals surface area contributed by atoms with Crippen molar-refractivity contribution in [3.63, 3.8) is 0 Å². The van der Waals surface area contributed by atoms with Gasteiger partial charge in [0, 0.05) is 32.7 Å². The number of carbonyl (C=O) groups excluding carboxylic acids is 1. The molecular weight excluding hydrogens is 230 g/mol. The summed E-state index contributed by atoms with van der Waals surface area (Å²) in [6.07, 6.45) is 0. The lowest BCUT2D eigenvalue weighted by Crippen LogP contribution is -2.52. The van der Waals surface area contributed by atoms with Gasteiger partial charge in [-0.2, -0.15) is 0 Å². The van der Waals surface area contributed by atoms with E-state index in [0.717, 1.165) is 19.6 Å². The second-order valence-electron chi connectivity index (χ2n) is 4.63. The van der Waals surface area contributed by atoms with E-state index in [0.29, 0.717) is 17.6 Å². The molecule has 1 amide bonds. The third-order valence-corrected chi connectivity index (χ3v) is 3.39. The zero-order valence-corrected chi connectivity index (χ0v) is 11.1. The Kier molecular flexibility index (Phi) is 3.76. The van der Waals surface area contributed by atoms with Crippen molar-refractivity contribution >= 4 is 11.7 Å². The maximum Gasteiger partial charge on any atom is 0.274 e. The number of likely N-dealkylation sites (N-methyl/N-ethyl adjacent to an activating group) is 1. The summed E-state index contributed by atoms with van der Waals surface area (Å²) in [5.41, 5.74) is 0.408. The van der Waals surface area contributed by atoms with Crippen LogP contribution in [0, 0.1) is 0 Å². The summed E-state index contributed by atoms with van der Waals surface area (Å²) >= 11 is 0. The SMILES string of the molecule is CNc1ccc(C(=O)N2CCN(C)C(C)C2)nn1. The lowest BCUT2D eigenvalue weighted by molar-refractivity contribution is 0.0566. The van der Waals surface area contributed by atoms with Crippen LogP contribution >= 0.6 is 0 Å². The van der Waals surface area contributed by atoms with Gasteiger partial charge in [0.25, 0.3) is 5.91 Å². The minimum absolute atomic E-state index is 0.0369. The molecule has 0 aromatic carbocycles. The fourth-order valence-corrected chi connectivity index (χ4v) is 1.97. The lowest BCUT2D eigenvalue weighted by atomic mass is 10.2. The monoisotopic (exact) mass is 249 g/mol. The fourth-order valence-electron chi connectivity index (χ4n) is 1.97. The molecule has 18 heavy (non-hydrogen) atoms. The largest absolute Gasteiger partial charge is 0.372 e. The number of carbonyl (C=O) groups is 1. The summed E-state index contributed by atoms with van der Waals surface area (Å²) in [5, 5.41) is 10.8. The van der Waals surface area contributed by atoms with Gasteiger partial charge in [0.05, 0.1) is 0 Å². The van der Waals surface area contributed by atoms with E-state index in [1.54, 1.807) is 19.2 Å². The van der Waals surface area contributed by atoms with E-state index in [1.807, 2.05) is 4.90 Å². The summed E-state index contributed by atoms with van der Waals surface area (Å²) in [6.45, 7) is 4.50. The van der Waals surface area contributed by atoms with Crippen LogP contribution < -0.4 is 5.32 Å². The van der Waals surface area contributed by atoms with E-state index in [9.17, 15) is 4.79 Å². The Bertz CT molecular complexity index is 419. The van der Waals surface area contributed by atoms with Crippen molar-refractivity contribution in [1.82, 2.24) is 20.0 Å². The van der Waals surface area contributed by atoms with E-state index in [4.69, 9.17) is 0 Å². The standard InChI is InChI=1S/C12H19N5O/c1-9-8-17(7-6-16(9)3)12(18)10-4-5-11(13-2)15-14-10/h4-5,9H,6-8H2,1-3H3,(H,13,15). The molecule has 1 N–H and O–H groups in total. The predicted molar refractivity (Wildman–Crippen MR) is 69.6 cm³/mol. The van der Waals surface area contributed by atoms with Crippen molar-refractivity contribution in [2.24, 2.45) is 0 Å². The number of anilines is 1. The van der Waals surface area contributed by atoms with Crippen molar-refractivity contribution in [3.05, 3.63) is 17.8 Å². The number of hydrogen-bond donors (Lipinski definition) is 1. The summed E-state index contributed by atoms with van der Waals surface area (Å²) in [4.78, 5) is 16.3. The molecule has 1 aromatic rings. The van der Waals surface area contributed by atoms with Gasteiger partial charge >= 0.3 is 0 Å². The van der Waals surface area contributed by atoms with Crippen molar-refractivity contribution in [2.45, 2.75) is 13.0 Å². The Morgan fingerprint density at radius 3 is 2.72 bits per heavy atom. The molecular formula is C12H19N5O. The van der Waals surface area contributed by atoms with Gasteiger partial charge in [-0.05, 0) is 26.1 Å². The van der Waals surface area contributed by atoms with Crippen molar-refractivity contribution in [3.8, 4) is 0 Å². The highest BCUT2D eigenvalue weighted by Gasteiger charge is 2.25. The van der Waals surface area contributed by atoms with E-state index >= 15 is 0 Å². The molecule has 1 unspecified atom stereocenters. The molecule has 0 radical (unpaired) electrons. The van der Waals surface area contributed by atoms with E-state index in [1.165, 1.54) is 0 Å². The average molecular weight is 249 g/mol. The molecule has 1 aliphatic heterocycles. The first-order valence-corrected chi connectivity index (χ1v) is 6.13. The van der Waals surface area contributed by atoms with Gasteiger partial charge in [-0.3, -0.25) is 4.79 Å². The van der Waals surface area contributed by atoms with Gasteiger partial charge in [0.15, 0.2) is 5.69 Å². The molecule has 0 saturated carbocycles. The van der Waals surface area contributed by atoms with Crippen LogP contribution in [0.25, 0.3) is 0 Å². The molecule has 1 fully saturated rings. The molecule has 6 nitrogen and oxygen atoms in total. The number of amides is 1. The second-order valence-corrected chi connectivity index (χ2v) is 4.63. The molecule has 6 heteroatoms. The predicted octanol–water partition coefficient (Wildman–Crippen LogP) is 0.294. The van der Waals surface area contributed by atoms with Gasteiger partial charge in [0.1, 0.15) is 5.82 Å². The smallest absolute Gasteiger partial charge is 0.274 e. The Morgan fingerprint density at radius 2 is 2.17 bits per heavy atom. The minimum atomic E-state index is -0.0369. The Labute approximate surface area is 107 Å². The van der Waals surface area contributed by atoms with Gasteiger partial charge in [-0.15, -0.1) is 10.2 Å². The average Bonchev–Trinajstić information content (AvgIpc) is 2.41. The first kappa shape index (κ1) is 12.8. The number of nitrogens with one attached hydrogen (secondary N) is 1. The van der Waals surface area contributed by atoms with Crippen LogP contribution in [0.1, 0.15) is 17.4 Å². The molecule has 98 valence electrons. The van der Waals surface area contributed by atoms with Crippen LogP contribution in [0.2, 0.25) is 0 Å². The second kappa shape index (κ2) is 5.30. The maximum atomic E-state index is 12.2. The maximum absolute atomic E-state index is 12.2. The molecule has 1 aromatic heterocycles. The van der Waals surface area contributed by atoms with Crippen LogP contribution in [0.15, 0.2) is 12.1 Å². The Morgan fingerprint density at radius 1 is 1.39 bits per heavy atom. The van der Waals surface area contributed by atoms with Crippen molar-refractivity contribution in [2.75, 3.05) is 39.0 Å². The van der Waals surface area contributed by atoms with Crippen molar-refractivity contribution in [1.29, 1.82) is 0 Å². The normalized spacial score (nSPS) is 20.8. The minimum Gasteiger partial charge on any atom is -0.372 e. The number of nitrogens with zero attached hydrogens (tertiary/aromatic N) is 4. The zero-order valence-electron chi connectivity index (χ0n) is 11.1. The molecule has 2 rings (SSSR count). The van der Waals surface area contributed by atoms with E-state index < -0.39 is 0 Å². The number of rotatable bonds is 2. The number of aromatic nitrogens is 2. The van der Waals surface area contributed by atoms with Gasteiger partial charge < -0.3 is 15.1 Å². The van der Waals surface area contributed by atoms with E-state index in [2.05, 4.69) is 34.4 Å². The fraction of sp³-hybridized carbons (Fsp3) is 0.583. The summed E-state index contributed by atoms with van der Waals surface area (Å²) in [5.74, 6) is 0.628. The molecule has 1 saturated heterocycles. The highest BCUT2D eigenvalue weighted by atomic mass is 16.2. The van der Waals surface area contributed by atoms with Crippen LogP contribution in [-0.4, -0.2) is 65.7 Å². The summed E-state index contributed by atoms with van der Waals surface area (Å²) < 4.78 is 0. The first-order valence-electron chi connectivity index (χ1n) is 6.13. The van der Waals surface area contributed by atoms with Crippen LogP contribution in [0.3, 0.4) is 0 Å². The van der Waals surface area contributed by atoms with Gasteiger partial charge in [0.2, 0.25) is 0 Å². The lowest BCUT2D eigenvalue weighted by Gasteiger charge is -2.37. The number of piperazine rings is 1. The van der Waals surface area contributed by atoms with Gasteiger partial charge in [-0.1, -0.05) is 0 Å². The van der Waals surface area contributed by atoms with E-state index in [-0.39, 0.29) is 5.91 Å². The highest BCUT2D eigenvalue weighted by molar-refractivity contribution is 5.92. The summed E-state index contributed by atoms with van der Waals surface area (Å²) in [7, 11) is 3.85. The quantitative estimate of drug-likeness (QED) is 0.816. The Hall–Kier alpha value is -1.69. The van der Waals surface area contributed by atoms with Crippen LogP contribution in [-0.2, 0) is 0 Å². The highest BCUT2D eigenvalue weighted by Crippen LogP contribution is 2.11. The number of hydrogen-bond acceptors (Lipinski definition) is 5. The van der Waals surface area contributed by atoms with Crippen LogP contribution in [0.5, 0.6) is 0 Å². The third kappa shape index (κ3) is 2.59. The van der Waals surface area contributed by atoms with Crippen LogP contribution in [0.4, 0.5) is 5.82 Å². The molecule has 1 atom stereocenters. The molecule has 1 aliphatic rings. The topological polar surface area (TPSA) is 61.4 Å². The van der Waals surface area contributed by atoms with Gasteiger partial charge in [-0.25, -0.2) is 0 Å². The Balaban J connectivity index is 2.06. The summed E-state index contributed by atoms with van der Waals surface area (Å²) in [6, 6.07) is 3.86. The van der Waals surface area contributed by atoms with Crippen molar-refractivity contribution < 1.29 is 4.79 Å².